The fourth-order valence-electron chi connectivity index (χ4n) is 2.42. The van der Waals surface area contributed by atoms with Crippen molar-refractivity contribution in [2.24, 2.45) is 0 Å². The molecule has 0 aliphatic rings. The summed E-state index contributed by atoms with van der Waals surface area (Å²) < 4.78 is 5.39. The van der Waals surface area contributed by atoms with Crippen LogP contribution in [0.3, 0.4) is 0 Å². The summed E-state index contributed by atoms with van der Waals surface area (Å²) in [5, 5.41) is 21.8. The summed E-state index contributed by atoms with van der Waals surface area (Å²) >= 11 is 0. The Kier molecular flexibility index (Phi) is 5.80. The van der Waals surface area contributed by atoms with E-state index in [-0.39, 0.29) is 11.3 Å². The van der Waals surface area contributed by atoms with Gasteiger partial charge in [-0.3, -0.25) is 4.79 Å². The third-order valence-corrected chi connectivity index (χ3v) is 3.59. The Balaban J connectivity index is 2.24. The summed E-state index contributed by atoms with van der Waals surface area (Å²) in [6.45, 7) is 5.94. The van der Waals surface area contributed by atoms with Crippen LogP contribution in [0.25, 0.3) is 6.08 Å². The lowest BCUT2D eigenvalue weighted by molar-refractivity contribution is -0.112. The van der Waals surface area contributed by atoms with Gasteiger partial charge in [0.2, 0.25) is 0 Å². The molecule has 0 saturated carbocycles. The van der Waals surface area contributed by atoms with E-state index in [1.165, 1.54) is 6.08 Å². The van der Waals surface area contributed by atoms with Crippen LogP contribution in [-0.4, -0.2) is 17.6 Å². The Morgan fingerprint density at radius 2 is 1.96 bits per heavy atom. The normalized spacial score (nSPS) is 10.9. The van der Waals surface area contributed by atoms with Crippen molar-refractivity contribution in [2.45, 2.75) is 20.8 Å². The number of anilines is 1. The second kappa shape index (κ2) is 8.02. The number of nitrogens with zero attached hydrogens (tertiary/aromatic N) is 1. The molecule has 0 unspecified atom stereocenters. The molecule has 0 saturated heterocycles. The molecule has 2 aromatic carbocycles. The standard InChI is InChI=1S/C20H20N2O3/c1-4-25-18-7-5-6-17(11-18)22-20(24)16(12-21)10-15-8-13(2)19(23)14(3)9-15/h5-11,23H,4H2,1-3H3,(H,22,24). The molecule has 0 aromatic heterocycles. The monoisotopic (exact) mass is 336 g/mol. The van der Waals surface area contributed by atoms with Crippen molar-refractivity contribution in [3.63, 3.8) is 0 Å². The molecule has 25 heavy (non-hydrogen) atoms. The molecule has 0 atom stereocenters. The predicted octanol–water partition coefficient (Wildman–Crippen LogP) is 3.95. The highest BCUT2D eigenvalue weighted by Gasteiger charge is 2.11. The van der Waals surface area contributed by atoms with Gasteiger partial charge in [-0.1, -0.05) is 6.07 Å². The van der Waals surface area contributed by atoms with E-state index in [1.54, 1.807) is 50.2 Å². The molecule has 0 spiro atoms. The number of hydrogen-bond donors (Lipinski definition) is 2. The number of aromatic hydroxyl groups is 1. The molecule has 2 rings (SSSR count). The molecule has 1 amide bonds. The third-order valence-electron chi connectivity index (χ3n) is 3.59. The highest BCUT2D eigenvalue weighted by Crippen LogP contribution is 2.24. The number of amides is 1. The van der Waals surface area contributed by atoms with E-state index in [4.69, 9.17) is 4.74 Å². The third kappa shape index (κ3) is 4.61. The number of ether oxygens (including phenoxy) is 1. The van der Waals surface area contributed by atoms with E-state index in [1.807, 2.05) is 13.0 Å². The highest BCUT2D eigenvalue weighted by molar-refractivity contribution is 6.09. The highest BCUT2D eigenvalue weighted by atomic mass is 16.5. The lowest BCUT2D eigenvalue weighted by atomic mass is 10.0. The molecule has 2 N–H and O–H groups in total. The first-order chi connectivity index (χ1) is 11.9. The Labute approximate surface area is 147 Å². The van der Waals surface area contributed by atoms with Crippen molar-refractivity contribution < 1.29 is 14.6 Å². The van der Waals surface area contributed by atoms with E-state index in [2.05, 4.69) is 5.32 Å². The van der Waals surface area contributed by atoms with Gasteiger partial charge in [0, 0.05) is 11.8 Å². The van der Waals surface area contributed by atoms with Crippen molar-refractivity contribution >= 4 is 17.7 Å². The first-order valence-corrected chi connectivity index (χ1v) is 7.90. The van der Waals surface area contributed by atoms with E-state index in [0.717, 1.165) is 0 Å². The molecule has 0 bridgehead atoms. The molecule has 0 radical (unpaired) electrons. The zero-order valence-electron chi connectivity index (χ0n) is 14.5. The summed E-state index contributed by atoms with van der Waals surface area (Å²) in [4.78, 5) is 12.4. The Morgan fingerprint density at radius 3 is 2.56 bits per heavy atom. The second-order valence-electron chi connectivity index (χ2n) is 5.59. The Morgan fingerprint density at radius 1 is 1.28 bits per heavy atom. The van der Waals surface area contributed by atoms with Crippen LogP contribution >= 0.6 is 0 Å². The van der Waals surface area contributed by atoms with Crippen LogP contribution < -0.4 is 10.1 Å². The predicted molar refractivity (Wildman–Crippen MR) is 97.4 cm³/mol. The van der Waals surface area contributed by atoms with Crippen LogP contribution in [0.15, 0.2) is 42.0 Å². The van der Waals surface area contributed by atoms with Gasteiger partial charge in [-0.15, -0.1) is 0 Å². The number of carbonyl (C=O) groups is 1. The number of aryl methyl sites for hydroxylation is 2. The van der Waals surface area contributed by atoms with Crippen LogP contribution in [0.4, 0.5) is 5.69 Å². The fraction of sp³-hybridized carbons (Fsp3) is 0.200. The smallest absolute Gasteiger partial charge is 0.266 e. The van der Waals surface area contributed by atoms with Gasteiger partial charge in [0.15, 0.2) is 0 Å². The van der Waals surface area contributed by atoms with Crippen LogP contribution in [0.5, 0.6) is 11.5 Å². The number of phenols is 1. The fourth-order valence-corrected chi connectivity index (χ4v) is 2.42. The zero-order valence-corrected chi connectivity index (χ0v) is 14.5. The number of carbonyl (C=O) groups excluding carboxylic acids is 1. The van der Waals surface area contributed by atoms with Crippen LogP contribution in [-0.2, 0) is 4.79 Å². The van der Waals surface area contributed by atoms with E-state index in [9.17, 15) is 15.2 Å². The van der Waals surface area contributed by atoms with E-state index in [0.29, 0.717) is 34.7 Å². The van der Waals surface area contributed by atoms with Crippen molar-refractivity contribution in [1.29, 1.82) is 5.26 Å². The van der Waals surface area contributed by atoms with Gasteiger partial charge in [-0.2, -0.15) is 5.26 Å². The molecule has 128 valence electrons. The molecule has 0 aliphatic heterocycles. The largest absolute Gasteiger partial charge is 0.507 e. The molecular weight excluding hydrogens is 316 g/mol. The SMILES string of the molecule is CCOc1cccc(NC(=O)C(C#N)=Cc2cc(C)c(O)c(C)c2)c1. The molecule has 0 heterocycles. The lowest BCUT2D eigenvalue weighted by Gasteiger charge is -2.08. The molecule has 0 fully saturated rings. The Bertz CT molecular complexity index is 840. The van der Waals surface area contributed by atoms with Gasteiger partial charge in [-0.25, -0.2) is 0 Å². The summed E-state index contributed by atoms with van der Waals surface area (Å²) in [7, 11) is 0. The molecule has 2 aromatic rings. The Hall–Kier alpha value is -3.26. The van der Waals surface area contributed by atoms with Gasteiger partial charge >= 0.3 is 0 Å². The zero-order chi connectivity index (χ0) is 18.4. The summed E-state index contributed by atoms with van der Waals surface area (Å²) in [6, 6.07) is 12.4. The van der Waals surface area contributed by atoms with Gasteiger partial charge in [-0.05, 0) is 67.8 Å². The van der Waals surface area contributed by atoms with Gasteiger partial charge in [0.1, 0.15) is 23.1 Å². The topological polar surface area (TPSA) is 82.3 Å². The van der Waals surface area contributed by atoms with Crippen molar-refractivity contribution in [2.75, 3.05) is 11.9 Å². The first kappa shape index (κ1) is 18.1. The van der Waals surface area contributed by atoms with Crippen LogP contribution in [0.2, 0.25) is 0 Å². The second-order valence-corrected chi connectivity index (χ2v) is 5.59. The van der Waals surface area contributed by atoms with Gasteiger partial charge in [0.25, 0.3) is 5.91 Å². The first-order valence-electron chi connectivity index (χ1n) is 7.90. The minimum absolute atomic E-state index is 0.0219. The number of benzene rings is 2. The van der Waals surface area contributed by atoms with Gasteiger partial charge in [0.05, 0.1) is 6.61 Å². The number of nitrogens with one attached hydrogen (secondary N) is 1. The van der Waals surface area contributed by atoms with Crippen LogP contribution in [0.1, 0.15) is 23.6 Å². The van der Waals surface area contributed by atoms with E-state index >= 15 is 0 Å². The molecule has 0 aliphatic carbocycles. The maximum absolute atomic E-state index is 12.4. The van der Waals surface area contributed by atoms with Crippen molar-refractivity contribution in [3.8, 4) is 17.6 Å². The molecule has 5 heteroatoms. The summed E-state index contributed by atoms with van der Waals surface area (Å²) in [6.07, 6.45) is 1.50. The number of phenolic OH excluding ortho intramolecular Hbond substituents is 1. The molecule has 5 nitrogen and oxygen atoms in total. The summed E-state index contributed by atoms with van der Waals surface area (Å²) in [5.74, 6) is 0.361. The molecular formula is C20H20N2O3. The average molecular weight is 336 g/mol. The number of nitriles is 1. The number of hydrogen-bond acceptors (Lipinski definition) is 4. The maximum Gasteiger partial charge on any atom is 0.266 e. The minimum atomic E-state index is -0.500. The number of rotatable bonds is 5. The van der Waals surface area contributed by atoms with Gasteiger partial charge < -0.3 is 15.2 Å². The lowest BCUT2D eigenvalue weighted by Crippen LogP contribution is -2.13. The average Bonchev–Trinajstić information content (AvgIpc) is 2.58. The maximum atomic E-state index is 12.4. The summed E-state index contributed by atoms with van der Waals surface area (Å²) in [5.41, 5.74) is 2.59. The van der Waals surface area contributed by atoms with Crippen molar-refractivity contribution in [3.05, 3.63) is 58.7 Å². The van der Waals surface area contributed by atoms with Crippen molar-refractivity contribution in [1.82, 2.24) is 0 Å². The van der Waals surface area contributed by atoms with Crippen LogP contribution in [0, 0.1) is 25.2 Å². The minimum Gasteiger partial charge on any atom is -0.507 e. The quantitative estimate of drug-likeness (QED) is 0.640. The van der Waals surface area contributed by atoms with E-state index < -0.39 is 5.91 Å².